The van der Waals surface area contributed by atoms with Crippen molar-refractivity contribution in [2.24, 2.45) is 0 Å². The fourth-order valence-corrected chi connectivity index (χ4v) is 2.14. The summed E-state index contributed by atoms with van der Waals surface area (Å²) in [7, 11) is 0. The van der Waals surface area contributed by atoms with Crippen LogP contribution in [0, 0.1) is 0 Å². The summed E-state index contributed by atoms with van der Waals surface area (Å²) >= 11 is 0. The molecule has 0 aromatic rings. The van der Waals surface area contributed by atoms with E-state index < -0.39 is 0 Å². The third-order valence-corrected chi connectivity index (χ3v) is 3.39. The molecule has 2 N–H and O–H groups in total. The number of hydrogen-bond acceptors (Lipinski definition) is 3. The number of carbonyl (C=O) groups excluding carboxylic acids is 1. The summed E-state index contributed by atoms with van der Waals surface area (Å²) < 4.78 is 0. The lowest BCUT2D eigenvalue weighted by Gasteiger charge is -2.38. The molecule has 0 spiro atoms. The molecule has 0 aromatic heterocycles. The number of carbonyl (C=O) groups is 1. The summed E-state index contributed by atoms with van der Waals surface area (Å²) in [5, 5.41) is 12.2. The van der Waals surface area contributed by atoms with E-state index in [1.807, 2.05) is 4.90 Å². The van der Waals surface area contributed by atoms with Crippen LogP contribution < -0.4 is 5.32 Å². The van der Waals surface area contributed by atoms with Crippen LogP contribution in [0.5, 0.6) is 0 Å². The summed E-state index contributed by atoms with van der Waals surface area (Å²) in [6, 6.07) is 0.429. The molecule has 1 aliphatic carbocycles. The van der Waals surface area contributed by atoms with Gasteiger partial charge in [0.2, 0.25) is 5.91 Å². The van der Waals surface area contributed by atoms with Gasteiger partial charge < -0.3 is 15.3 Å². The van der Waals surface area contributed by atoms with E-state index in [0.717, 1.165) is 19.4 Å². The average molecular weight is 256 g/mol. The number of nitrogens with one attached hydrogen (secondary N) is 1. The summed E-state index contributed by atoms with van der Waals surface area (Å²) in [6.07, 6.45) is 4.73. The Labute approximate surface area is 111 Å². The second kappa shape index (κ2) is 7.10. The molecule has 1 rings (SSSR count). The van der Waals surface area contributed by atoms with Crippen LogP contribution in [0.2, 0.25) is 0 Å². The van der Waals surface area contributed by atoms with Crippen LogP contribution in [0.1, 0.15) is 52.9 Å². The van der Waals surface area contributed by atoms with Gasteiger partial charge in [0.15, 0.2) is 0 Å². The summed E-state index contributed by atoms with van der Waals surface area (Å²) in [6.45, 7) is 7.91. The van der Waals surface area contributed by atoms with Gasteiger partial charge in [-0.2, -0.15) is 0 Å². The van der Waals surface area contributed by atoms with Crippen LogP contribution in [0.25, 0.3) is 0 Å². The fraction of sp³-hybridized carbons (Fsp3) is 0.929. The van der Waals surface area contributed by atoms with Crippen molar-refractivity contribution in [3.63, 3.8) is 0 Å². The second-order valence-electron chi connectivity index (χ2n) is 6.18. The quantitative estimate of drug-likeness (QED) is 0.726. The van der Waals surface area contributed by atoms with Crippen molar-refractivity contribution in [2.75, 3.05) is 19.7 Å². The van der Waals surface area contributed by atoms with Gasteiger partial charge in [-0.15, -0.1) is 0 Å². The molecule has 0 heterocycles. The first-order valence-corrected chi connectivity index (χ1v) is 7.09. The molecule has 0 unspecified atom stereocenters. The highest BCUT2D eigenvalue weighted by molar-refractivity contribution is 5.76. The molecular weight excluding hydrogens is 228 g/mol. The molecule has 1 aliphatic rings. The zero-order valence-electron chi connectivity index (χ0n) is 12.0. The number of amides is 1. The van der Waals surface area contributed by atoms with Crippen molar-refractivity contribution in [2.45, 2.75) is 64.5 Å². The van der Waals surface area contributed by atoms with Gasteiger partial charge in [-0.1, -0.05) is 0 Å². The molecule has 4 nitrogen and oxygen atoms in total. The maximum atomic E-state index is 12.2. The van der Waals surface area contributed by atoms with Gasteiger partial charge in [-0.25, -0.2) is 0 Å². The monoisotopic (exact) mass is 256 g/mol. The van der Waals surface area contributed by atoms with E-state index in [4.69, 9.17) is 5.11 Å². The Morgan fingerprint density at radius 1 is 1.39 bits per heavy atom. The van der Waals surface area contributed by atoms with Gasteiger partial charge >= 0.3 is 0 Å². The lowest BCUT2D eigenvalue weighted by atomic mass is 9.91. The molecule has 4 heteroatoms. The normalized spacial score (nSPS) is 16.4. The maximum Gasteiger partial charge on any atom is 0.224 e. The van der Waals surface area contributed by atoms with E-state index in [-0.39, 0.29) is 18.1 Å². The fourth-order valence-electron chi connectivity index (χ4n) is 2.14. The Morgan fingerprint density at radius 3 is 2.50 bits per heavy atom. The van der Waals surface area contributed by atoms with Gasteiger partial charge in [0.05, 0.1) is 0 Å². The first kappa shape index (κ1) is 15.4. The molecule has 0 radical (unpaired) electrons. The lowest BCUT2D eigenvalue weighted by molar-refractivity contribution is -0.135. The zero-order valence-corrected chi connectivity index (χ0v) is 12.0. The molecule has 1 fully saturated rings. The van der Waals surface area contributed by atoms with Crippen LogP contribution in [0.4, 0.5) is 0 Å². The van der Waals surface area contributed by atoms with Crippen LogP contribution in [-0.2, 0) is 4.79 Å². The number of aliphatic hydroxyl groups excluding tert-OH is 1. The number of hydrogen-bond donors (Lipinski definition) is 2. The van der Waals surface area contributed by atoms with Crippen LogP contribution in [-0.4, -0.2) is 47.2 Å². The topological polar surface area (TPSA) is 52.6 Å². The molecule has 18 heavy (non-hydrogen) atoms. The van der Waals surface area contributed by atoms with Crippen molar-refractivity contribution in [1.29, 1.82) is 0 Å². The molecular formula is C14H28N2O2. The minimum absolute atomic E-state index is 0.0622. The lowest BCUT2D eigenvalue weighted by Crippen LogP contribution is -2.46. The maximum absolute atomic E-state index is 12.2. The minimum atomic E-state index is 0.0622. The number of aliphatic hydroxyl groups is 1. The largest absolute Gasteiger partial charge is 0.396 e. The van der Waals surface area contributed by atoms with Gasteiger partial charge in [0, 0.05) is 37.7 Å². The molecule has 0 bridgehead atoms. The van der Waals surface area contributed by atoms with Crippen LogP contribution >= 0.6 is 0 Å². The third kappa shape index (κ3) is 5.36. The standard InChI is InChI=1S/C14H28N2O2/c1-14(2,3)15-9-8-13(18)16(10-5-11-17)12-6-4-7-12/h12,15,17H,4-11H2,1-3H3. The average Bonchev–Trinajstić information content (AvgIpc) is 2.19. The molecule has 0 aromatic carbocycles. The predicted octanol–water partition coefficient (Wildman–Crippen LogP) is 1.53. The first-order chi connectivity index (χ1) is 8.44. The van der Waals surface area contributed by atoms with Gasteiger partial charge in [0.25, 0.3) is 0 Å². The van der Waals surface area contributed by atoms with Gasteiger partial charge in [-0.3, -0.25) is 4.79 Å². The zero-order chi connectivity index (χ0) is 13.6. The van der Waals surface area contributed by atoms with Gasteiger partial charge in [-0.05, 0) is 46.5 Å². The van der Waals surface area contributed by atoms with E-state index in [1.54, 1.807) is 0 Å². The third-order valence-electron chi connectivity index (χ3n) is 3.39. The smallest absolute Gasteiger partial charge is 0.224 e. The highest BCUT2D eigenvalue weighted by Gasteiger charge is 2.27. The Hall–Kier alpha value is -0.610. The molecule has 0 saturated heterocycles. The molecule has 0 atom stereocenters. The number of nitrogens with zero attached hydrogens (tertiary/aromatic N) is 1. The summed E-state index contributed by atoms with van der Waals surface area (Å²) in [4.78, 5) is 14.1. The molecule has 1 saturated carbocycles. The SMILES string of the molecule is CC(C)(C)NCCC(=O)N(CCCO)C1CCC1. The van der Waals surface area contributed by atoms with Crippen molar-refractivity contribution >= 4 is 5.91 Å². The highest BCUT2D eigenvalue weighted by atomic mass is 16.3. The van der Waals surface area contributed by atoms with E-state index >= 15 is 0 Å². The van der Waals surface area contributed by atoms with E-state index in [1.165, 1.54) is 6.42 Å². The first-order valence-electron chi connectivity index (χ1n) is 7.09. The Morgan fingerprint density at radius 2 is 2.06 bits per heavy atom. The Kier molecular flexibility index (Phi) is 6.09. The van der Waals surface area contributed by atoms with Crippen molar-refractivity contribution < 1.29 is 9.90 Å². The molecule has 0 aliphatic heterocycles. The molecule has 1 amide bonds. The summed E-state index contributed by atoms with van der Waals surface area (Å²) in [5.74, 6) is 0.227. The van der Waals surface area contributed by atoms with E-state index in [0.29, 0.717) is 25.4 Å². The highest BCUT2D eigenvalue weighted by Crippen LogP contribution is 2.25. The number of rotatable bonds is 7. The van der Waals surface area contributed by atoms with Crippen molar-refractivity contribution in [3.05, 3.63) is 0 Å². The second-order valence-corrected chi connectivity index (χ2v) is 6.18. The van der Waals surface area contributed by atoms with Crippen molar-refractivity contribution in [1.82, 2.24) is 10.2 Å². The minimum Gasteiger partial charge on any atom is -0.396 e. The van der Waals surface area contributed by atoms with Crippen LogP contribution in [0.15, 0.2) is 0 Å². The van der Waals surface area contributed by atoms with Crippen LogP contribution in [0.3, 0.4) is 0 Å². The van der Waals surface area contributed by atoms with E-state index in [2.05, 4.69) is 26.1 Å². The molecule has 106 valence electrons. The Bertz CT molecular complexity index is 257. The Balaban J connectivity index is 2.34. The van der Waals surface area contributed by atoms with E-state index in [9.17, 15) is 4.79 Å². The summed E-state index contributed by atoms with van der Waals surface area (Å²) in [5.41, 5.74) is 0.0622. The predicted molar refractivity (Wildman–Crippen MR) is 73.4 cm³/mol. The van der Waals surface area contributed by atoms with Gasteiger partial charge in [0.1, 0.15) is 0 Å². The van der Waals surface area contributed by atoms with Crippen molar-refractivity contribution in [3.8, 4) is 0 Å².